The predicted octanol–water partition coefficient (Wildman–Crippen LogP) is 4.75. The molecule has 4 heteroatoms. The Hall–Kier alpha value is -2.20. The summed E-state index contributed by atoms with van der Waals surface area (Å²) in [6.45, 7) is 2.72. The average Bonchev–Trinajstić information content (AvgIpc) is 2.96. The summed E-state index contributed by atoms with van der Waals surface area (Å²) < 4.78 is 5.81. The van der Waals surface area contributed by atoms with Crippen LogP contribution in [0.4, 0.5) is 5.82 Å². The highest BCUT2D eigenvalue weighted by Gasteiger charge is 2.04. The van der Waals surface area contributed by atoms with Crippen molar-refractivity contribution in [3.63, 3.8) is 0 Å². The maximum absolute atomic E-state index is 5.81. The predicted molar refractivity (Wildman–Crippen MR) is 85.6 cm³/mol. The molecule has 0 unspecified atom stereocenters. The van der Waals surface area contributed by atoms with E-state index >= 15 is 0 Å². The first kappa shape index (κ1) is 13.8. The first-order valence-corrected chi connectivity index (χ1v) is 7.59. The van der Waals surface area contributed by atoms with Crippen LogP contribution in [-0.2, 0) is 6.54 Å². The first-order chi connectivity index (χ1) is 10.3. The molecule has 3 rings (SSSR count). The largest absolute Gasteiger partial charge is 0.453 e. The van der Waals surface area contributed by atoms with Gasteiger partial charge in [-0.15, -0.1) is 0 Å². The number of aryl methyl sites for hydroxylation is 1. The summed E-state index contributed by atoms with van der Waals surface area (Å²) in [5.74, 6) is 1.75. The molecule has 0 aliphatic rings. The molecule has 0 spiro atoms. The van der Waals surface area contributed by atoms with Crippen LogP contribution in [0.3, 0.4) is 0 Å². The number of benzene rings is 1. The molecule has 3 nitrogen and oxygen atoms in total. The van der Waals surface area contributed by atoms with Gasteiger partial charge in [0.1, 0.15) is 11.6 Å². The molecule has 0 aliphatic carbocycles. The summed E-state index contributed by atoms with van der Waals surface area (Å²) in [4.78, 5) is 5.40. The lowest BCUT2D eigenvalue weighted by molar-refractivity contribution is 0.437. The van der Waals surface area contributed by atoms with E-state index in [1.807, 2.05) is 30.3 Å². The Bertz CT molecular complexity index is 692. The second-order valence-electron chi connectivity index (χ2n) is 4.70. The van der Waals surface area contributed by atoms with Gasteiger partial charge in [0.05, 0.1) is 6.54 Å². The van der Waals surface area contributed by atoms with Crippen LogP contribution in [0.25, 0.3) is 0 Å². The van der Waals surface area contributed by atoms with Crippen molar-refractivity contribution in [2.45, 2.75) is 23.5 Å². The van der Waals surface area contributed by atoms with Gasteiger partial charge in [0.15, 0.2) is 5.09 Å². The van der Waals surface area contributed by atoms with Gasteiger partial charge in [-0.3, -0.25) is 0 Å². The Morgan fingerprint density at radius 3 is 2.67 bits per heavy atom. The molecule has 0 aliphatic heterocycles. The van der Waals surface area contributed by atoms with Gasteiger partial charge in [0.25, 0.3) is 0 Å². The molecule has 0 atom stereocenters. The van der Waals surface area contributed by atoms with Crippen molar-refractivity contribution in [2.24, 2.45) is 0 Å². The van der Waals surface area contributed by atoms with Crippen molar-refractivity contribution in [1.82, 2.24) is 4.98 Å². The fraction of sp³-hybridized carbons (Fsp3) is 0.118. The van der Waals surface area contributed by atoms with Crippen LogP contribution in [0.5, 0.6) is 0 Å². The second kappa shape index (κ2) is 6.50. The lowest BCUT2D eigenvalue weighted by Crippen LogP contribution is -1.99. The maximum atomic E-state index is 5.81. The van der Waals surface area contributed by atoms with Crippen LogP contribution in [0.1, 0.15) is 11.3 Å². The summed E-state index contributed by atoms with van der Waals surface area (Å²) in [7, 11) is 0. The van der Waals surface area contributed by atoms with Crippen molar-refractivity contribution in [2.75, 3.05) is 5.32 Å². The quantitative estimate of drug-likeness (QED) is 0.737. The number of hydrogen-bond acceptors (Lipinski definition) is 4. The van der Waals surface area contributed by atoms with Crippen LogP contribution in [0, 0.1) is 6.92 Å². The van der Waals surface area contributed by atoms with Gasteiger partial charge in [0.2, 0.25) is 0 Å². The monoisotopic (exact) mass is 296 g/mol. The SMILES string of the molecule is Cc1ccc(Sc2ccc(CNc3ccccn3)o2)cc1. The fourth-order valence-electron chi connectivity index (χ4n) is 1.88. The molecule has 0 saturated carbocycles. The van der Waals surface area contributed by atoms with E-state index in [0.29, 0.717) is 6.54 Å². The number of nitrogens with zero attached hydrogens (tertiary/aromatic N) is 1. The third-order valence-electron chi connectivity index (χ3n) is 2.99. The smallest absolute Gasteiger partial charge is 0.165 e. The van der Waals surface area contributed by atoms with Crippen molar-refractivity contribution in [3.05, 3.63) is 72.1 Å². The highest BCUT2D eigenvalue weighted by molar-refractivity contribution is 7.99. The first-order valence-electron chi connectivity index (χ1n) is 6.78. The number of furan rings is 1. The van der Waals surface area contributed by atoms with Crippen LogP contribution in [0.2, 0.25) is 0 Å². The number of aromatic nitrogens is 1. The summed E-state index contributed by atoms with van der Waals surface area (Å²) in [5.41, 5.74) is 1.26. The summed E-state index contributed by atoms with van der Waals surface area (Å²) in [6.07, 6.45) is 1.77. The molecule has 21 heavy (non-hydrogen) atoms. The fourth-order valence-corrected chi connectivity index (χ4v) is 2.66. The lowest BCUT2D eigenvalue weighted by Gasteiger charge is -2.02. The van der Waals surface area contributed by atoms with Gasteiger partial charge in [0, 0.05) is 11.1 Å². The van der Waals surface area contributed by atoms with Gasteiger partial charge in [-0.2, -0.15) is 0 Å². The molecule has 2 aromatic heterocycles. The number of anilines is 1. The normalized spacial score (nSPS) is 10.5. The maximum Gasteiger partial charge on any atom is 0.165 e. The molecule has 106 valence electrons. The molecule has 0 saturated heterocycles. The molecule has 0 fully saturated rings. The molecule has 0 amide bonds. The van der Waals surface area contributed by atoms with Gasteiger partial charge < -0.3 is 9.73 Å². The third-order valence-corrected chi connectivity index (χ3v) is 3.91. The minimum atomic E-state index is 0.630. The van der Waals surface area contributed by atoms with E-state index in [1.165, 1.54) is 10.5 Å². The average molecular weight is 296 g/mol. The number of pyridine rings is 1. The van der Waals surface area contributed by atoms with Gasteiger partial charge in [-0.25, -0.2) is 4.98 Å². The van der Waals surface area contributed by atoms with Gasteiger partial charge in [-0.05, 0) is 43.3 Å². The molecule has 3 aromatic rings. The van der Waals surface area contributed by atoms with Crippen molar-refractivity contribution < 1.29 is 4.42 Å². The topological polar surface area (TPSA) is 38.1 Å². The van der Waals surface area contributed by atoms with Crippen molar-refractivity contribution in [3.8, 4) is 0 Å². The Kier molecular flexibility index (Phi) is 4.26. The van der Waals surface area contributed by atoms with E-state index in [1.54, 1.807) is 18.0 Å². The zero-order chi connectivity index (χ0) is 14.5. The van der Waals surface area contributed by atoms with Gasteiger partial charge in [-0.1, -0.05) is 35.5 Å². The van der Waals surface area contributed by atoms with E-state index in [0.717, 1.165) is 16.7 Å². The molecule has 2 heterocycles. The highest BCUT2D eigenvalue weighted by atomic mass is 32.2. The summed E-state index contributed by atoms with van der Waals surface area (Å²) in [5, 5.41) is 4.13. The zero-order valence-corrected chi connectivity index (χ0v) is 12.6. The van der Waals surface area contributed by atoms with E-state index in [4.69, 9.17) is 4.42 Å². The molecular weight excluding hydrogens is 280 g/mol. The Balaban J connectivity index is 1.59. The Labute approximate surface area is 128 Å². The highest BCUT2D eigenvalue weighted by Crippen LogP contribution is 2.29. The third kappa shape index (κ3) is 3.89. The Morgan fingerprint density at radius 1 is 1.05 bits per heavy atom. The minimum absolute atomic E-state index is 0.630. The summed E-state index contributed by atoms with van der Waals surface area (Å²) in [6, 6.07) is 18.2. The molecule has 0 bridgehead atoms. The second-order valence-corrected chi connectivity index (χ2v) is 5.78. The van der Waals surface area contributed by atoms with Crippen LogP contribution < -0.4 is 5.32 Å². The minimum Gasteiger partial charge on any atom is -0.453 e. The van der Waals surface area contributed by atoms with E-state index in [2.05, 4.69) is 41.5 Å². The standard InChI is InChI=1S/C17H16N2OS/c1-13-5-8-15(9-6-13)21-17-10-7-14(20-17)12-19-16-4-2-3-11-18-16/h2-11H,12H2,1H3,(H,18,19). The van der Waals surface area contributed by atoms with Crippen LogP contribution in [-0.4, -0.2) is 4.98 Å². The van der Waals surface area contributed by atoms with E-state index < -0.39 is 0 Å². The van der Waals surface area contributed by atoms with Crippen molar-refractivity contribution in [1.29, 1.82) is 0 Å². The number of rotatable bonds is 5. The Morgan fingerprint density at radius 2 is 1.90 bits per heavy atom. The van der Waals surface area contributed by atoms with E-state index in [9.17, 15) is 0 Å². The molecule has 1 N–H and O–H groups in total. The number of nitrogens with one attached hydrogen (secondary N) is 1. The number of hydrogen-bond donors (Lipinski definition) is 1. The zero-order valence-electron chi connectivity index (χ0n) is 11.7. The molecule has 0 radical (unpaired) electrons. The lowest BCUT2D eigenvalue weighted by atomic mass is 10.2. The van der Waals surface area contributed by atoms with Gasteiger partial charge >= 0.3 is 0 Å². The molecular formula is C17H16N2OS. The van der Waals surface area contributed by atoms with Crippen molar-refractivity contribution >= 4 is 17.6 Å². The molecule has 1 aromatic carbocycles. The van der Waals surface area contributed by atoms with Crippen LogP contribution in [0.15, 0.2) is 75.2 Å². The van der Waals surface area contributed by atoms with E-state index in [-0.39, 0.29) is 0 Å². The van der Waals surface area contributed by atoms with Crippen LogP contribution >= 0.6 is 11.8 Å². The summed E-state index contributed by atoms with van der Waals surface area (Å²) >= 11 is 1.63.